The number of ether oxygens (including phenoxy) is 1. The van der Waals surface area contributed by atoms with Crippen molar-refractivity contribution < 1.29 is 33.5 Å². The second-order valence-corrected chi connectivity index (χ2v) is 6.82. The Labute approximate surface area is 147 Å². The van der Waals surface area contributed by atoms with Crippen molar-refractivity contribution in [2.45, 2.75) is 24.5 Å². The van der Waals surface area contributed by atoms with Gasteiger partial charge >= 0.3 is 7.82 Å². The predicted octanol–water partition coefficient (Wildman–Crippen LogP) is -1.21. The molecule has 3 heterocycles. The van der Waals surface area contributed by atoms with Crippen molar-refractivity contribution in [1.29, 1.82) is 0 Å². The molecular formula is C13H16N5O7P. The van der Waals surface area contributed by atoms with E-state index in [-0.39, 0.29) is 5.82 Å². The first kappa shape index (κ1) is 18.7. The van der Waals surface area contributed by atoms with E-state index in [4.69, 9.17) is 21.4 Å². The number of nitrogen functional groups attached to an aromatic ring is 1. The average Bonchev–Trinajstić information content (AvgIpc) is 3.15. The highest BCUT2D eigenvalue weighted by molar-refractivity contribution is 7.47. The molecule has 0 amide bonds. The molecule has 2 aromatic heterocycles. The Morgan fingerprint density at radius 1 is 1.35 bits per heavy atom. The normalized spacial score (nSPS) is 28.1. The lowest BCUT2D eigenvalue weighted by Gasteiger charge is -2.17. The predicted molar refractivity (Wildman–Crippen MR) is 86.2 cm³/mol. The standard InChI is InChI=1S/C13H16N5O7P/c1-2-3-23-26(21,22)24-4-7-9(19)10(20)13(25-7)18-6-17-8-11(14)15-5-16-12(8)18/h1,5-7,9-10,13,19-20H,3-4H2,(H,21,22)(H2,14,15,16)/t7-,9-,10-,13-/m1/s1. The Bertz CT molecular complexity index is 883. The van der Waals surface area contributed by atoms with E-state index >= 15 is 0 Å². The Morgan fingerprint density at radius 2 is 2.12 bits per heavy atom. The van der Waals surface area contributed by atoms with Crippen LogP contribution in [0.3, 0.4) is 0 Å². The van der Waals surface area contributed by atoms with Gasteiger partial charge in [-0.15, -0.1) is 6.42 Å². The third-order valence-electron chi connectivity index (χ3n) is 3.71. The maximum atomic E-state index is 11.6. The number of aliphatic hydroxyl groups excluding tert-OH is 2. The summed E-state index contributed by atoms with van der Waals surface area (Å²) in [5, 5.41) is 20.4. The average molecular weight is 385 g/mol. The molecule has 0 radical (unpaired) electrons. The van der Waals surface area contributed by atoms with Crippen LogP contribution < -0.4 is 5.73 Å². The number of hydrogen-bond acceptors (Lipinski definition) is 10. The molecule has 5 N–H and O–H groups in total. The van der Waals surface area contributed by atoms with Crippen molar-refractivity contribution in [3.63, 3.8) is 0 Å². The summed E-state index contributed by atoms with van der Waals surface area (Å²) in [7, 11) is -4.40. The van der Waals surface area contributed by atoms with Crippen LogP contribution >= 0.6 is 7.82 Å². The van der Waals surface area contributed by atoms with Crippen molar-refractivity contribution in [3.05, 3.63) is 12.7 Å². The van der Waals surface area contributed by atoms with Gasteiger partial charge in [0, 0.05) is 0 Å². The summed E-state index contributed by atoms with van der Waals surface area (Å²) in [5.74, 6) is 2.17. The SMILES string of the molecule is C#CCOP(=O)(O)OC[C@H]1O[C@@H](n2cnc3c(N)ncnc32)[C@H](O)[C@@H]1O. The van der Waals surface area contributed by atoms with E-state index in [2.05, 4.69) is 19.5 Å². The molecule has 1 fully saturated rings. The molecule has 0 spiro atoms. The largest absolute Gasteiger partial charge is 0.473 e. The van der Waals surface area contributed by atoms with Gasteiger partial charge in [-0.25, -0.2) is 19.5 Å². The third kappa shape index (κ3) is 3.55. The van der Waals surface area contributed by atoms with E-state index in [0.717, 1.165) is 0 Å². The molecule has 12 nitrogen and oxygen atoms in total. The van der Waals surface area contributed by atoms with Gasteiger partial charge in [-0.05, 0) is 0 Å². The fourth-order valence-electron chi connectivity index (χ4n) is 2.48. The van der Waals surface area contributed by atoms with Gasteiger partial charge in [-0.1, -0.05) is 5.92 Å². The fraction of sp³-hybridized carbons (Fsp3) is 0.462. The molecule has 1 saturated heterocycles. The zero-order valence-corrected chi connectivity index (χ0v) is 14.1. The number of rotatable bonds is 6. The molecule has 1 aliphatic heterocycles. The van der Waals surface area contributed by atoms with E-state index in [1.54, 1.807) is 0 Å². The molecular weight excluding hydrogens is 369 g/mol. The van der Waals surface area contributed by atoms with Gasteiger partial charge < -0.3 is 25.6 Å². The van der Waals surface area contributed by atoms with Crippen LogP contribution in [0.15, 0.2) is 12.7 Å². The van der Waals surface area contributed by atoms with Crippen LogP contribution in [-0.2, 0) is 18.3 Å². The zero-order valence-electron chi connectivity index (χ0n) is 13.2. The second kappa shape index (κ2) is 7.26. The van der Waals surface area contributed by atoms with E-state index in [0.29, 0.717) is 11.2 Å². The quantitative estimate of drug-likeness (QED) is 0.347. The van der Waals surface area contributed by atoms with Crippen LogP contribution in [0, 0.1) is 12.3 Å². The first-order valence-electron chi connectivity index (χ1n) is 7.34. The molecule has 13 heteroatoms. The maximum absolute atomic E-state index is 11.6. The lowest BCUT2D eigenvalue weighted by atomic mass is 10.1. The molecule has 0 aromatic carbocycles. The topological polar surface area (TPSA) is 175 Å². The number of terminal acetylenes is 1. The highest BCUT2D eigenvalue weighted by Crippen LogP contribution is 2.44. The molecule has 1 unspecified atom stereocenters. The molecule has 140 valence electrons. The number of phosphoric acid groups is 1. The molecule has 3 rings (SSSR count). The second-order valence-electron chi connectivity index (χ2n) is 5.37. The van der Waals surface area contributed by atoms with E-state index in [1.165, 1.54) is 17.2 Å². The van der Waals surface area contributed by atoms with Crippen molar-refractivity contribution in [2.24, 2.45) is 0 Å². The number of imidazole rings is 1. The van der Waals surface area contributed by atoms with Crippen LogP contribution in [0.1, 0.15) is 6.23 Å². The minimum atomic E-state index is -4.40. The Hall–Kier alpha value is -2.10. The molecule has 26 heavy (non-hydrogen) atoms. The monoisotopic (exact) mass is 385 g/mol. The Balaban J connectivity index is 1.74. The maximum Gasteiger partial charge on any atom is 0.473 e. The van der Waals surface area contributed by atoms with Gasteiger partial charge in [0.2, 0.25) is 0 Å². The van der Waals surface area contributed by atoms with E-state index < -0.39 is 45.6 Å². The van der Waals surface area contributed by atoms with Crippen LogP contribution in [0.25, 0.3) is 11.2 Å². The number of nitrogens with zero attached hydrogens (tertiary/aromatic N) is 4. The van der Waals surface area contributed by atoms with E-state index in [9.17, 15) is 19.7 Å². The number of aliphatic hydroxyl groups is 2. The summed E-state index contributed by atoms with van der Waals surface area (Å²) in [6, 6.07) is 0. The molecule has 1 aliphatic rings. The Morgan fingerprint density at radius 3 is 2.85 bits per heavy atom. The van der Waals surface area contributed by atoms with Gasteiger partial charge in [0.05, 0.1) is 12.9 Å². The lowest BCUT2D eigenvalue weighted by Crippen LogP contribution is -2.33. The van der Waals surface area contributed by atoms with Gasteiger partial charge in [-0.3, -0.25) is 13.6 Å². The minimum absolute atomic E-state index is 0.147. The number of nitrogens with two attached hydrogens (primary N) is 1. The number of fused-ring (bicyclic) bond motifs is 1. The highest BCUT2D eigenvalue weighted by atomic mass is 31.2. The van der Waals surface area contributed by atoms with Gasteiger partial charge in [-0.2, -0.15) is 0 Å². The number of aromatic nitrogens is 4. The van der Waals surface area contributed by atoms with Gasteiger partial charge in [0.25, 0.3) is 0 Å². The summed E-state index contributed by atoms with van der Waals surface area (Å²) in [4.78, 5) is 21.3. The van der Waals surface area contributed by atoms with Crippen molar-refractivity contribution >= 4 is 24.8 Å². The first-order chi connectivity index (χ1) is 12.3. The summed E-state index contributed by atoms with van der Waals surface area (Å²) >= 11 is 0. The van der Waals surface area contributed by atoms with Crippen molar-refractivity contribution in [2.75, 3.05) is 18.9 Å². The fourth-order valence-corrected chi connectivity index (χ4v) is 3.12. The van der Waals surface area contributed by atoms with Crippen LogP contribution in [0.2, 0.25) is 0 Å². The zero-order chi connectivity index (χ0) is 18.9. The molecule has 0 bridgehead atoms. The van der Waals surface area contributed by atoms with E-state index in [1.807, 2.05) is 5.92 Å². The summed E-state index contributed by atoms with van der Waals surface area (Å²) < 4.78 is 27.7. The van der Waals surface area contributed by atoms with Crippen LogP contribution in [-0.4, -0.2) is 66.2 Å². The van der Waals surface area contributed by atoms with Crippen molar-refractivity contribution in [1.82, 2.24) is 19.5 Å². The summed E-state index contributed by atoms with van der Waals surface area (Å²) in [6.45, 7) is -0.938. The van der Waals surface area contributed by atoms with Crippen molar-refractivity contribution in [3.8, 4) is 12.3 Å². The molecule has 5 atom stereocenters. The van der Waals surface area contributed by atoms with Crippen LogP contribution in [0.5, 0.6) is 0 Å². The van der Waals surface area contributed by atoms with Gasteiger partial charge in [0.1, 0.15) is 36.8 Å². The molecule has 0 aliphatic carbocycles. The molecule has 2 aromatic rings. The Kier molecular flexibility index (Phi) is 5.22. The highest BCUT2D eigenvalue weighted by Gasteiger charge is 2.45. The lowest BCUT2D eigenvalue weighted by molar-refractivity contribution is -0.0511. The summed E-state index contributed by atoms with van der Waals surface area (Å²) in [6.07, 6.45) is 2.53. The smallest absolute Gasteiger partial charge is 0.387 e. The minimum Gasteiger partial charge on any atom is -0.387 e. The number of anilines is 1. The molecule has 0 saturated carbocycles. The van der Waals surface area contributed by atoms with Gasteiger partial charge in [0.15, 0.2) is 17.7 Å². The number of hydrogen-bond donors (Lipinski definition) is 4. The first-order valence-corrected chi connectivity index (χ1v) is 8.83. The van der Waals surface area contributed by atoms with Crippen LogP contribution in [0.4, 0.5) is 5.82 Å². The summed E-state index contributed by atoms with van der Waals surface area (Å²) in [5.41, 5.74) is 6.30. The third-order valence-corrected chi connectivity index (χ3v) is 4.64. The number of phosphoric ester groups is 1.